The van der Waals surface area contributed by atoms with Crippen LogP contribution in [0.5, 0.6) is 5.75 Å². The third kappa shape index (κ3) is 2.13. The topological polar surface area (TPSA) is 73.6 Å². The highest BCUT2D eigenvalue weighted by atomic mass is 16.5. The number of nitrogens with two attached hydrogens (primary N) is 1. The number of carbonyl (C=O) groups excluding carboxylic acids is 1. The van der Waals surface area contributed by atoms with Crippen LogP contribution in [-0.4, -0.2) is 31.8 Å². The summed E-state index contributed by atoms with van der Waals surface area (Å²) in [6.07, 6.45) is 1.24. The molecular formula is C13H18N2O3. The van der Waals surface area contributed by atoms with Gasteiger partial charge in [-0.05, 0) is 12.1 Å². The van der Waals surface area contributed by atoms with Crippen LogP contribution in [0.15, 0.2) is 24.3 Å². The van der Waals surface area contributed by atoms with E-state index in [0.29, 0.717) is 18.6 Å². The number of ether oxygens (including phenoxy) is 2. The number of amides is 1. The minimum Gasteiger partial charge on any atom is -0.495 e. The maximum Gasteiger partial charge on any atom is 0.243 e. The standard InChI is InChI=1S/C13H18N2O3/c1-17-9-7-13(8-9,12(14)16)15-10-5-3-4-6-11(10)18-2/h3-6,9,15H,7-8H2,1-2H3,(H2,14,16). The van der Waals surface area contributed by atoms with E-state index < -0.39 is 5.54 Å². The van der Waals surface area contributed by atoms with Crippen molar-refractivity contribution in [2.45, 2.75) is 24.5 Å². The molecule has 2 rings (SSSR count). The minimum absolute atomic E-state index is 0.0831. The van der Waals surface area contributed by atoms with Gasteiger partial charge in [0.05, 0.1) is 18.9 Å². The van der Waals surface area contributed by atoms with Crippen molar-refractivity contribution >= 4 is 11.6 Å². The molecule has 1 amide bonds. The second kappa shape index (κ2) is 4.86. The Morgan fingerprint density at radius 1 is 1.39 bits per heavy atom. The van der Waals surface area contributed by atoms with Crippen LogP contribution in [0.2, 0.25) is 0 Å². The SMILES string of the molecule is COc1ccccc1NC1(C(N)=O)CC(OC)C1. The number of para-hydroxylation sites is 2. The molecule has 0 saturated heterocycles. The zero-order valence-corrected chi connectivity index (χ0v) is 10.6. The monoisotopic (exact) mass is 250 g/mol. The summed E-state index contributed by atoms with van der Waals surface area (Å²) < 4.78 is 10.5. The van der Waals surface area contributed by atoms with Crippen molar-refractivity contribution in [2.24, 2.45) is 5.73 Å². The van der Waals surface area contributed by atoms with Crippen molar-refractivity contribution in [3.8, 4) is 5.75 Å². The molecule has 98 valence electrons. The zero-order chi connectivity index (χ0) is 13.2. The van der Waals surface area contributed by atoms with Crippen LogP contribution in [-0.2, 0) is 9.53 Å². The molecule has 1 aliphatic rings. The number of rotatable bonds is 5. The molecule has 0 unspecified atom stereocenters. The number of benzene rings is 1. The van der Waals surface area contributed by atoms with Crippen LogP contribution in [0.3, 0.4) is 0 Å². The van der Waals surface area contributed by atoms with E-state index in [1.165, 1.54) is 0 Å². The molecule has 5 heteroatoms. The average Bonchev–Trinajstić information content (AvgIpc) is 2.33. The van der Waals surface area contributed by atoms with Crippen molar-refractivity contribution in [3.63, 3.8) is 0 Å². The van der Waals surface area contributed by atoms with Gasteiger partial charge in [0, 0.05) is 20.0 Å². The summed E-state index contributed by atoms with van der Waals surface area (Å²) in [5.41, 5.74) is 5.54. The molecule has 5 nitrogen and oxygen atoms in total. The summed E-state index contributed by atoms with van der Waals surface area (Å²) in [6.45, 7) is 0. The first kappa shape index (κ1) is 12.7. The number of primary amides is 1. The molecule has 1 saturated carbocycles. The van der Waals surface area contributed by atoms with Gasteiger partial charge in [-0.25, -0.2) is 0 Å². The Hall–Kier alpha value is -1.75. The molecular weight excluding hydrogens is 232 g/mol. The Kier molecular flexibility index (Phi) is 3.43. The van der Waals surface area contributed by atoms with Gasteiger partial charge in [-0.2, -0.15) is 0 Å². The fraction of sp³-hybridized carbons (Fsp3) is 0.462. The van der Waals surface area contributed by atoms with E-state index in [2.05, 4.69) is 5.32 Å². The van der Waals surface area contributed by atoms with E-state index in [0.717, 1.165) is 5.69 Å². The summed E-state index contributed by atoms with van der Waals surface area (Å²) >= 11 is 0. The molecule has 1 fully saturated rings. The summed E-state index contributed by atoms with van der Waals surface area (Å²) in [4.78, 5) is 11.6. The molecule has 0 bridgehead atoms. The Morgan fingerprint density at radius 2 is 2.06 bits per heavy atom. The molecule has 18 heavy (non-hydrogen) atoms. The maximum atomic E-state index is 11.6. The predicted molar refractivity (Wildman–Crippen MR) is 68.6 cm³/mol. The highest BCUT2D eigenvalue weighted by molar-refractivity contribution is 5.90. The molecule has 1 aromatic rings. The van der Waals surface area contributed by atoms with E-state index in [4.69, 9.17) is 15.2 Å². The number of hydrogen-bond acceptors (Lipinski definition) is 4. The van der Waals surface area contributed by atoms with Gasteiger partial charge in [-0.1, -0.05) is 12.1 Å². The normalized spacial score (nSPS) is 26.2. The van der Waals surface area contributed by atoms with Crippen molar-refractivity contribution in [1.82, 2.24) is 0 Å². The molecule has 0 aliphatic heterocycles. The van der Waals surface area contributed by atoms with Gasteiger partial charge in [-0.15, -0.1) is 0 Å². The second-order valence-corrected chi connectivity index (χ2v) is 4.54. The van der Waals surface area contributed by atoms with Gasteiger partial charge >= 0.3 is 0 Å². The lowest BCUT2D eigenvalue weighted by molar-refractivity contribution is -0.130. The first-order valence-electron chi connectivity index (χ1n) is 5.85. The number of nitrogens with one attached hydrogen (secondary N) is 1. The van der Waals surface area contributed by atoms with E-state index in [1.54, 1.807) is 14.2 Å². The molecule has 0 atom stereocenters. The number of hydrogen-bond donors (Lipinski definition) is 2. The fourth-order valence-electron chi connectivity index (χ4n) is 2.25. The van der Waals surface area contributed by atoms with Crippen LogP contribution in [0.4, 0.5) is 5.69 Å². The predicted octanol–water partition coefficient (Wildman–Crippen LogP) is 1.14. The van der Waals surface area contributed by atoms with E-state index >= 15 is 0 Å². The van der Waals surface area contributed by atoms with Crippen molar-refractivity contribution < 1.29 is 14.3 Å². The fourth-order valence-corrected chi connectivity index (χ4v) is 2.25. The Labute approximate surface area is 106 Å². The molecule has 0 spiro atoms. The van der Waals surface area contributed by atoms with Crippen LogP contribution in [0.25, 0.3) is 0 Å². The van der Waals surface area contributed by atoms with Gasteiger partial charge in [-0.3, -0.25) is 4.79 Å². The van der Waals surface area contributed by atoms with Gasteiger partial charge in [0.1, 0.15) is 11.3 Å². The Morgan fingerprint density at radius 3 is 2.61 bits per heavy atom. The summed E-state index contributed by atoms with van der Waals surface area (Å²) in [6, 6.07) is 7.46. The van der Waals surface area contributed by atoms with Crippen LogP contribution >= 0.6 is 0 Å². The number of anilines is 1. The van der Waals surface area contributed by atoms with E-state index in [1.807, 2.05) is 24.3 Å². The molecule has 3 N–H and O–H groups in total. The molecule has 0 aromatic heterocycles. The molecule has 0 radical (unpaired) electrons. The minimum atomic E-state index is -0.727. The molecule has 1 aromatic carbocycles. The third-order valence-electron chi connectivity index (χ3n) is 3.44. The van der Waals surface area contributed by atoms with Crippen LogP contribution in [0.1, 0.15) is 12.8 Å². The van der Waals surface area contributed by atoms with Crippen LogP contribution in [0, 0.1) is 0 Å². The quantitative estimate of drug-likeness (QED) is 0.822. The lowest BCUT2D eigenvalue weighted by atomic mass is 9.73. The second-order valence-electron chi connectivity index (χ2n) is 4.54. The lowest BCUT2D eigenvalue weighted by Crippen LogP contribution is -2.61. The highest BCUT2D eigenvalue weighted by Crippen LogP contribution is 2.39. The van der Waals surface area contributed by atoms with Gasteiger partial charge in [0.25, 0.3) is 0 Å². The van der Waals surface area contributed by atoms with Gasteiger partial charge in [0.2, 0.25) is 5.91 Å². The number of methoxy groups -OCH3 is 2. The lowest BCUT2D eigenvalue weighted by Gasteiger charge is -2.45. The van der Waals surface area contributed by atoms with E-state index in [9.17, 15) is 4.79 Å². The van der Waals surface area contributed by atoms with Crippen molar-refractivity contribution in [1.29, 1.82) is 0 Å². The highest BCUT2D eigenvalue weighted by Gasteiger charge is 2.49. The van der Waals surface area contributed by atoms with Crippen molar-refractivity contribution in [3.05, 3.63) is 24.3 Å². The number of carbonyl (C=O) groups is 1. The van der Waals surface area contributed by atoms with Crippen LogP contribution < -0.4 is 15.8 Å². The van der Waals surface area contributed by atoms with E-state index in [-0.39, 0.29) is 12.0 Å². The van der Waals surface area contributed by atoms with Gasteiger partial charge in [0.15, 0.2) is 0 Å². The third-order valence-corrected chi connectivity index (χ3v) is 3.44. The smallest absolute Gasteiger partial charge is 0.243 e. The zero-order valence-electron chi connectivity index (χ0n) is 10.6. The summed E-state index contributed by atoms with van der Waals surface area (Å²) in [7, 11) is 3.23. The summed E-state index contributed by atoms with van der Waals surface area (Å²) in [5.74, 6) is 0.334. The maximum absolute atomic E-state index is 11.6. The van der Waals surface area contributed by atoms with Gasteiger partial charge < -0.3 is 20.5 Å². The summed E-state index contributed by atoms with van der Waals surface area (Å²) in [5, 5.41) is 3.20. The first-order chi connectivity index (χ1) is 8.61. The largest absolute Gasteiger partial charge is 0.495 e. The average molecular weight is 250 g/mol. The Balaban J connectivity index is 2.18. The Bertz CT molecular complexity index is 442. The first-order valence-corrected chi connectivity index (χ1v) is 5.85. The van der Waals surface area contributed by atoms with Crippen molar-refractivity contribution in [2.75, 3.05) is 19.5 Å². The molecule has 0 heterocycles. The molecule has 1 aliphatic carbocycles.